The number of hydrogen-bond acceptors (Lipinski definition) is 3. The summed E-state index contributed by atoms with van der Waals surface area (Å²) < 4.78 is 5.09. The maximum atomic E-state index is 9.39. The molecule has 15 heavy (non-hydrogen) atoms. The lowest BCUT2D eigenvalue weighted by atomic mass is 9.96. The Hall–Kier alpha value is -0.900. The Kier molecular flexibility index (Phi) is 4.27. The number of aliphatic hydroxyl groups is 1. The fourth-order valence-corrected chi connectivity index (χ4v) is 1.63. The van der Waals surface area contributed by atoms with Crippen molar-refractivity contribution >= 4 is 0 Å². The van der Waals surface area contributed by atoms with Crippen LogP contribution in [0.15, 0.2) is 18.2 Å². The van der Waals surface area contributed by atoms with Crippen LogP contribution in [0.4, 0.5) is 0 Å². The van der Waals surface area contributed by atoms with Gasteiger partial charge < -0.3 is 15.6 Å². The topological polar surface area (TPSA) is 55.5 Å². The Balaban J connectivity index is 2.96. The van der Waals surface area contributed by atoms with E-state index in [1.54, 1.807) is 7.11 Å². The first-order valence-electron chi connectivity index (χ1n) is 5.09. The second-order valence-electron chi connectivity index (χ2n) is 3.92. The van der Waals surface area contributed by atoms with Crippen molar-refractivity contribution < 1.29 is 9.84 Å². The minimum atomic E-state index is -0.903. The maximum absolute atomic E-state index is 9.39. The molecule has 0 aliphatic rings. The first-order valence-corrected chi connectivity index (χ1v) is 5.09. The van der Waals surface area contributed by atoms with Gasteiger partial charge in [-0.2, -0.15) is 0 Å². The molecule has 2 unspecified atom stereocenters. The summed E-state index contributed by atoms with van der Waals surface area (Å²) in [5, 5.41) is 9.39. The molecule has 0 spiro atoms. The van der Waals surface area contributed by atoms with Crippen molar-refractivity contribution in [3.63, 3.8) is 0 Å². The van der Waals surface area contributed by atoms with Crippen LogP contribution in [-0.4, -0.2) is 18.8 Å². The van der Waals surface area contributed by atoms with E-state index >= 15 is 0 Å². The van der Waals surface area contributed by atoms with Crippen LogP contribution >= 0.6 is 0 Å². The lowest BCUT2D eigenvalue weighted by Crippen LogP contribution is -2.11. The van der Waals surface area contributed by atoms with Gasteiger partial charge in [0, 0.05) is 13.0 Å². The summed E-state index contributed by atoms with van der Waals surface area (Å²) >= 11 is 0. The number of hydrogen-bond donors (Lipinski definition) is 2. The number of rotatable bonds is 4. The lowest BCUT2D eigenvalue weighted by Gasteiger charge is -2.15. The van der Waals surface area contributed by atoms with Gasteiger partial charge in [0.15, 0.2) is 0 Å². The van der Waals surface area contributed by atoms with Gasteiger partial charge in [-0.1, -0.05) is 25.1 Å². The minimum absolute atomic E-state index is 0.313. The monoisotopic (exact) mass is 209 g/mol. The summed E-state index contributed by atoms with van der Waals surface area (Å²) in [6.07, 6.45) is -0.903. The van der Waals surface area contributed by atoms with Gasteiger partial charge in [-0.3, -0.25) is 0 Å². The SMILES string of the molecule is COCC(C)c1ccc(C)c(C(N)O)c1. The predicted octanol–water partition coefficient (Wildman–Crippen LogP) is 1.69. The first-order chi connectivity index (χ1) is 7.06. The fraction of sp³-hybridized carbons (Fsp3) is 0.500. The van der Waals surface area contributed by atoms with E-state index in [0.717, 1.165) is 16.7 Å². The van der Waals surface area contributed by atoms with Crippen LogP contribution < -0.4 is 5.73 Å². The van der Waals surface area contributed by atoms with Crippen molar-refractivity contribution in [2.24, 2.45) is 5.73 Å². The van der Waals surface area contributed by atoms with Crippen molar-refractivity contribution in [1.29, 1.82) is 0 Å². The van der Waals surface area contributed by atoms with Gasteiger partial charge >= 0.3 is 0 Å². The molecule has 0 bridgehead atoms. The molecule has 1 aromatic rings. The molecule has 0 heterocycles. The molecule has 1 aromatic carbocycles. The van der Waals surface area contributed by atoms with E-state index in [2.05, 4.69) is 6.92 Å². The summed E-state index contributed by atoms with van der Waals surface area (Å²) in [5.41, 5.74) is 8.42. The van der Waals surface area contributed by atoms with Crippen molar-refractivity contribution in [2.45, 2.75) is 26.0 Å². The number of nitrogens with two attached hydrogens (primary N) is 1. The van der Waals surface area contributed by atoms with E-state index in [0.29, 0.717) is 12.5 Å². The highest BCUT2D eigenvalue weighted by atomic mass is 16.5. The fourth-order valence-electron chi connectivity index (χ4n) is 1.63. The van der Waals surface area contributed by atoms with Gasteiger partial charge in [-0.25, -0.2) is 0 Å². The van der Waals surface area contributed by atoms with E-state index in [9.17, 15) is 5.11 Å². The van der Waals surface area contributed by atoms with Crippen LogP contribution in [0, 0.1) is 6.92 Å². The van der Waals surface area contributed by atoms with E-state index in [-0.39, 0.29) is 0 Å². The number of methoxy groups -OCH3 is 1. The predicted molar refractivity (Wildman–Crippen MR) is 60.6 cm³/mol. The zero-order valence-electron chi connectivity index (χ0n) is 9.53. The molecule has 2 atom stereocenters. The summed E-state index contributed by atoms with van der Waals surface area (Å²) in [6, 6.07) is 5.97. The van der Waals surface area contributed by atoms with Crippen LogP contribution in [0.1, 0.15) is 35.8 Å². The third-order valence-corrected chi connectivity index (χ3v) is 2.61. The summed E-state index contributed by atoms with van der Waals surface area (Å²) in [7, 11) is 1.68. The molecule has 0 aliphatic heterocycles. The molecule has 0 aliphatic carbocycles. The molecule has 0 radical (unpaired) electrons. The standard InChI is InChI=1S/C12H19NO2/c1-8-4-5-10(9(2)7-15-3)6-11(8)12(13)14/h4-6,9,12,14H,7,13H2,1-3H3. The van der Waals surface area contributed by atoms with E-state index in [1.807, 2.05) is 25.1 Å². The van der Waals surface area contributed by atoms with Crippen LogP contribution in [0.25, 0.3) is 0 Å². The normalized spacial score (nSPS) is 15.0. The zero-order valence-corrected chi connectivity index (χ0v) is 9.53. The van der Waals surface area contributed by atoms with Gasteiger partial charge in [0.05, 0.1) is 6.61 Å². The number of ether oxygens (including phenoxy) is 1. The Morgan fingerprint density at radius 1 is 1.47 bits per heavy atom. The molecule has 0 amide bonds. The first kappa shape index (κ1) is 12.2. The van der Waals surface area contributed by atoms with Crippen molar-refractivity contribution in [1.82, 2.24) is 0 Å². The van der Waals surface area contributed by atoms with Crippen LogP contribution in [0.5, 0.6) is 0 Å². The summed E-state index contributed by atoms with van der Waals surface area (Å²) in [4.78, 5) is 0. The van der Waals surface area contributed by atoms with Crippen molar-refractivity contribution in [3.8, 4) is 0 Å². The van der Waals surface area contributed by atoms with Gasteiger partial charge in [-0.15, -0.1) is 0 Å². The van der Waals surface area contributed by atoms with Crippen LogP contribution in [0.3, 0.4) is 0 Å². The third kappa shape index (κ3) is 3.02. The highest BCUT2D eigenvalue weighted by Gasteiger charge is 2.10. The summed E-state index contributed by atoms with van der Waals surface area (Å²) in [5.74, 6) is 0.313. The van der Waals surface area contributed by atoms with Crippen molar-refractivity contribution in [3.05, 3.63) is 34.9 Å². The molecule has 3 heteroatoms. The maximum Gasteiger partial charge on any atom is 0.128 e. The molecule has 3 nitrogen and oxygen atoms in total. The summed E-state index contributed by atoms with van der Waals surface area (Å²) in [6.45, 7) is 4.69. The Bertz CT molecular complexity index is 323. The molecule has 0 saturated carbocycles. The second-order valence-corrected chi connectivity index (χ2v) is 3.92. The van der Waals surface area contributed by atoms with Gasteiger partial charge in [0.2, 0.25) is 0 Å². The molecule has 3 N–H and O–H groups in total. The van der Waals surface area contributed by atoms with Gasteiger partial charge in [0.1, 0.15) is 6.23 Å². The second kappa shape index (κ2) is 5.26. The highest BCUT2D eigenvalue weighted by molar-refractivity contribution is 5.34. The Labute approximate surface area is 90.9 Å². The molecular weight excluding hydrogens is 190 g/mol. The molecule has 0 aromatic heterocycles. The average molecular weight is 209 g/mol. The van der Waals surface area contributed by atoms with E-state index in [1.165, 1.54) is 0 Å². The molecule has 0 fully saturated rings. The number of benzene rings is 1. The van der Waals surface area contributed by atoms with E-state index < -0.39 is 6.23 Å². The van der Waals surface area contributed by atoms with Crippen LogP contribution in [0.2, 0.25) is 0 Å². The van der Waals surface area contributed by atoms with Gasteiger partial charge in [0.25, 0.3) is 0 Å². The lowest BCUT2D eigenvalue weighted by molar-refractivity contribution is 0.181. The number of aliphatic hydroxyl groups excluding tert-OH is 1. The smallest absolute Gasteiger partial charge is 0.128 e. The van der Waals surface area contributed by atoms with E-state index in [4.69, 9.17) is 10.5 Å². The number of aryl methyl sites for hydroxylation is 1. The molecular formula is C12H19NO2. The zero-order chi connectivity index (χ0) is 11.4. The Morgan fingerprint density at radius 2 is 2.13 bits per heavy atom. The molecule has 0 saturated heterocycles. The molecule has 84 valence electrons. The van der Waals surface area contributed by atoms with Crippen LogP contribution in [-0.2, 0) is 4.74 Å². The van der Waals surface area contributed by atoms with Crippen molar-refractivity contribution in [2.75, 3.05) is 13.7 Å². The average Bonchev–Trinajstić information content (AvgIpc) is 2.18. The van der Waals surface area contributed by atoms with Gasteiger partial charge in [-0.05, 0) is 23.6 Å². The third-order valence-electron chi connectivity index (χ3n) is 2.61. The molecule has 1 rings (SSSR count). The largest absolute Gasteiger partial charge is 0.384 e. The highest BCUT2D eigenvalue weighted by Crippen LogP contribution is 2.21. The Morgan fingerprint density at radius 3 is 2.67 bits per heavy atom. The minimum Gasteiger partial charge on any atom is -0.384 e. The quantitative estimate of drug-likeness (QED) is 0.742.